The average Bonchev–Trinajstić information content (AvgIpc) is 3.03. The fourth-order valence-electron chi connectivity index (χ4n) is 5.07. The summed E-state index contributed by atoms with van der Waals surface area (Å²) in [6.45, 7) is 0. The van der Waals surface area contributed by atoms with Crippen molar-refractivity contribution in [3.05, 3.63) is 140 Å². The minimum atomic E-state index is -1.37. The molecule has 0 bridgehead atoms. The number of nitrogens with zero attached hydrogens (tertiary/aromatic N) is 2. The number of hydrogen-bond donors (Lipinski definition) is 4. The molecule has 0 fully saturated rings. The van der Waals surface area contributed by atoms with Crippen molar-refractivity contribution >= 4 is 89.9 Å². The standard InChI is InChI=1S/C34H22Br2N2O8/c35-19-14-25(31(39)40)29(26(15-19)32(41)42)37(21-8-3-1-4-9-21)23-12-7-13-24(18-23)38(22-10-5-2-6-11-22)30-27(33(43)44)16-20(36)17-28(30)34(45)46/h1-18H,(H,39,40)(H,41,42)(H,43,44)(H,45,46). The van der Waals surface area contributed by atoms with Crippen LogP contribution >= 0.6 is 31.9 Å². The number of para-hydroxylation sites is 2. The minimum absolute atomic E-state index is 0.126. The minimum Gasteiger partial charge on any atom is -0.478 e. The van der Waals surface area contributed by atoms with Crippen LogP contribution in [0.1, 0.15) is 41.4 Å². The van der Waals surface area contributed by atoms with E-state index in [1.807, 2.05) is 0 Å². The fourth-order valence-corrected chi connectivity index (χ4v) is 5.99. The Hall–Kier alpha value is -5.46. The summed E-state index contributed by atoms with van der Waals surface area (Å²) in [6, 6.07) is 28.8. The van der Waals surface area contributed by atoms with Crippen LogP contribution in [0.15, 0.2) is 118 Å². The molecule has 0 spiro atoms. The Bertz CT molecular complexity index is 1790. The lowest BCUT2D eigenvalue weighted by Crippen LogP contribution is -2.20. The van der Waals surface area contributed by atoms with Crippen molar-refractivity contribution in [2.75, 3.05) is 9.80 Å². The van der Waals surface area contributed by atoms with Gasteiger partial charge in [0.2, 0.25) is 0 Å². The number of anilines is 6. The average molecular weight is 746 g/mol. The van der Waals surface area contributed by atoms with Gasteiger partial charge in [0.15, 0.2) is 0 Å². The Kier molecular flexibility index (Phi) is 9.21. The number of hydrogen-bond acceptors (Lipinski definition) is 6. The van der Waals surface area contributed by atoms with Gasteiger partial charge in [0.25, 0.3) is 0 Å². The molecular formula is C34H22Br2N2O8. The van der Waals surface area contributed by atoms with Crippen LogP contribution in [-0.4, -0.2) is 44.3 Å². The topological polar surface area (TPSA) is 156 Å². The van der Waals surface area contributed by atoms with E-state index in [-0.39, 0.29) is 42.6 Å². The Morgan fingerprint density at radius 1 is 0.413 bits per heavy atom. The highest BCUT2D eigenvalue weighted by Crippen LogP contribution is 2.45. The van der Waals surface area contributed by atoms with Crippen molar-refractivity contribution in [3.8, 4) is 0 Å². The van der Waals surface area contributed by atoms with Gasteiger partial charge in [-0.25, -0.2) is 19.2 Å². The molecule has 10 nitrogen and oxygen atoms in total. The molecule has 0 radical (unpaired) electrons. The summed E-state index contributed by atoms with van der Waals surface area (Å²) in [5.74, 6) is -5.47. The van der Waals surface area contributed by atoms with Crippen molar-refractivity contribution in [3.63, 3.8) is 0 Å². The molecule has 0 heterocycles. The van der Waals surface area contributed by atoms with E-state index in [9.17, 15) is 39.6 Å². The van der Waals surface area contributed by atoms with Crippen molar-refractivity contribution in [1.82, 2.24) is 0 Å². The second kappa shape index (κ2) is 13.3. The van der Waals surface area contributed by atoms with E-state index >= 15 is 0 Å². The first-order valence-corrected chi connectivity index (χ1v) is 15.0. The second-order valence-electron chi connectivity index (χ2n) is 9.78. The summed E-state index contributed by atoms with van der Waals surface area (Å²) in [5.41, 5.74) is 0.0396. The smallest absolute Gasteiger partial charge is 0.337 e. The lowest BCUT2D eigenvalue weighted by atomic mass is 10.0. The van der Waals surface area contributed by atoms with Gasteiger partial charge in [0, 0.05) is 31.7 Å². The number of rotatable bonds is 10. The predicted octanol–water partition coefficient (Wildman–Crippen LogP) is 8.94. The molecule has 0 amide bonds. The maximum atomic E-state index is 12.5. The Labute approximate surface area is 278 Å². The molecular weight excluding hydrogens is 724 g/mol. The molecule has 5 aromatic rings. The Balaban J connectivity index is 1.86. The van der Waals surface area contributed by atoms with E-state index in [2.05, 4.69) is 31.9 Å². The van der Waals surface area contributed by atoms with E-state index < -0.39 is 23.9 Å². The molecule has 4 N–H and O–H groups in total. The Morgan fingerprint density at radius 3 is 0.978 bits per heavy atom. The third-order valence-electron chi connectivity index (χ3n) is 6.89. The van der Waals surface area contributed by atoms with Crippen LogP contribution in [-0.2, 0) is 0 Å². The fraction of sp³-hybridized carbons (Fsp3) is 0. The normalized spacial score (nSPS) is 10.7. The predicted molar refractivity (Wildman–Crippen MR) is 179 cm³/mol. The quantitative estimate of drug-likeness (QED) is 0.109. The third-order valence-corrected chi connectivity index (χ3v) is 7.81. The van der Waals surface area contributed by atoms with Crippen LogP contribution in [0.3, 0.4) is 0 Å². The van der Waals surface area contributed by atoms with Gasteiger partial charge < -0.3 is 30.2 Å². The zero-order valence-electron chi connectivity index (χ0n) is 23.5. The van der Waals surface area contributed by atoms with Crippen LogP contribution in [0.4, 0.5) is 34.1 Å². The molecule has 5 rings (SSSR count). The lowest BCUT2D eigenvalue weighted by molar-refractivity contribution is 0.0677. The van der Waals surface area contributed by atoms with E-state index in [0.717, 1.165) is 0 Å². The maximum absolute atomic E-state index is 12.5. The highest BCUT2D eigenvalue weighted by atomic mass is 79.9. The summed E-state index contributed by atoms with van der Waals surface area (Å²) >= 11 is 6.44. The summed E-state index contributed by atoms with van der Waals surface area (Å²) < 4.78 is 0.501. The number of carbonyl (C=O) groups is 4. The van der Waals surface area contributed by atoms with E-state index in [4.69, 9.17) is 0 Å². The van der Waals surface area contributed by atoms with E-state index in [1.165, 1.54) is 34.1 Å². The van der Waals surface area contributed by atoms with Crippen LogP contribution in [0.25, 0.3) is 0 Å². The molecule has 0 aliphatic rings. The first kappa shape index (κ1) is 31.9. The van der Waals surface area contributed by atoms with Gasteiger partial charge in [-0.15, -0.1) is 0 Å². The molecule has 0 unspecified atom stereocenters. The molecule has 230 valence electrons. The van der Waals surface area contributed by atoms with Crippen LogP contribution in [0.5, 0.6) is 0 Å². The zero-order valence-corrected chi connectivity index (χ0v) is 26.6. The molecule has 0 aliphatic heterocycles. The Morgan fingerprint density at radius 2 is 0.696 bits per heavy atom. The number of benzene rings is 5. The molecule has 5 aromatic carbocycles. The largest absolute Gasteiger partial charge is 0.478 e. The SMILES string of the molecule is O=C(O)c1cc(Br)cc(C(=O)O)c1N(c1ccccc1)c1cccc(N(c2ccccc2)c2c(C(=O)O)cc(Br)cc2C(=O)O)c1. The van der Waals surface area contributed by atoms with Gasteiger partial charge in [0.1, 0.15) is 0 Å². The van der Waals surface area contributed by atoms with Gasteiger partial charge in [-0.3, -0.25) is 0 Å². The van der Waals surface area contributed by atoms with Crippen molar-refractivity contribution in [2.45, 2.75) is 0 Å². The van der Waals surface area contributed by atoms with Crippen molar-refractivity contribution in [2.24, 2.45) is 0 Å². The molecule has 0 saturated heterocycles. The zero-order chi connectivity index (χ0) is 33.1. The van der Waals surface area contributed by atoms with Gasteiger partial charge >= 0.3 is 23.9 Å². The number of aromatic carboxylic acids is 4. The summed E-state index contributed by atoms with van der Waals surface area (Å²) in [7, 11) is 0. The van der Waals surface area contributed by atoms with Gasteiger partial charge in [-0.2, -0.15) is 0 Å². The third kappa shape index (κ3) is 6.34. The number of carboxylic acids is 4. The van der Waals surface area contributed by atoms with Crippen LogP contribution in [0.2, 0.25) is 0 Å². The molecule has 12 heteroatoms. The van der Waals surface area contributed by atoms with Crippen molar-refractivity contribution in [1.29, 1.82) is 0 Å². The van der Waals surface area contributed by atoms with Crippen molar-refractivity contribution < 1.29 is 39.6 Å². The van der Waals surface area contributed by atoms with Crippen LogP contribution < -0.4 is 9.80 Å². The summed E-state index contributed by atoms with van der Waals surface area (Å²) in [4.78, 5) is 53.1. The summed E-state index contributed by atoms with van der Waals surface area (Å²) in [5, 5.41) is 40.8. The van der Waals surface area contributed by atoms with Gasteiger partial charge in [-0.05, 0) is 66.7 Å². The summed E-state index contributed by atoms with van der Waals surface area (Å²) in [6.07, 6.45) is 0. The molecule has 0 aromatic heterocycles. The van der Waals surface area contributed by atoms with Gasteiger partial charge in [0.05, 0.1) is 33.6 Å². The molecule has 46 heavy (non-hydrogen) atoms. The molecule has 0 atom stereocenters. The lowest BCUT2D eigenvalue weighted by Gasteiger charge is -2.31. The van der Waals surface area contributed by atoms with E-state index in [0.29, 0.717) is 22.7 Å². The maximum Gasteiger partial charge on any atom is 0.337 e. The monoisotopic (exact) mass is 744 g/mol. The van der Waals surface area contributed by atoms with Crippen LogP contribution in [0, 0.1) is 0 Å². The molecule has 0 aliphatic carbocycles. The highest BCUT2D eigenvalue weighted by Gasteiger charge is 2.30. The van der Waals surface area contributed by atoms with E-state index in [1.54, 1.807) is 84.9 Å². The first-order valence-electron chi connectivity index (χ1n) is 13.4. The van der Waals surface area contributed by atoms with Gasteiger partial charge in [-0.1, -0.05) is 74.3 Å². The number of carboxylic acid groups (broad SMARTS) is 4. The highest BCUT2D eigenvalue weighted by molar-refractivity contribution is 9.10. The first-order chi connectivity index (χ1) is 22.0. The number of halogens is 2. The second-order valence-corrected chi connectivity index (χ2v) is 11.6. The molecule has 0 saturated carbocycles.